The standard InChI is InChI=1S/C30H46N4O/c1-6-10-12-15-26(19-21-32)18-17-24(5)28(9-4)29(22-25(7-2)8-3)35-30(34)23-27(33)16-13-11-14-20-31/h7,11,13-15,17-18,20,22-23,34H,2,5-6,8-10,12,16,19,21,31-33H2,1,3-4H3/b13-11-,18-17-,20-14-,25-22+,26-15+,27-23?,29-28-,34-30?. The van der Waals surface area contributed by atoms with E-state index in [4.69, 9.17) is 27.3 Å². The van der Waals surface area contributed by atoms with Crippen LogP contribution in [-0.4, -0.2) is 12.4 Å². The minimum absolute atomic E-state index is 0.0398. The molecular weight excluding hydrogens is 432 g/mol. The number of ether oxygens (including phenoxy) is 1. The van der Waals surface area contributed by atoms with Crippen LogP contribution in [0.2, 0.25) is 0 Å². The Balaban J connectivity index is 6.03. The van der Waals surface area contributed by atoms with Gasteiger partial charge in [0.15, 0.2) is 0 Å². The highest BCUT2D eigenvalue weighted by atomic mass is 16.5. The lowest BCUT2D eigenvalue weighted by molar-refractivity contribution is 0.426. The molecule has 35 heavy (non-hydrogen) atoms. The molecule has 0 aliphatic heterocycles. The summed E-state index contributed by atoms with van der Waals surface area (Å²) in [7, 11) is 0. The van der Waals surface area contributed by atoms with E-state index in [1.54, 1.807) is 18.2 Å². The quantitative estimate of drug-likeness (QED) is 0.0592. The van der Waals surface area contributed by atoms with Gasteiger partial charge < -0.3 is 21.9 Å². The third-order valence-corrected chi connectivity index (χ3v) is 5.17. The van der Waals surface area contributed by atoms with Gasteiger partial charge in [-0.2, -0.15) is 0 Å². The maximum atomic E-state index is 8.36. The molecule has 0 saturated carbocycles. The van der Waals surface area contributed by atoms with E-state index in [2.05, 4.69) is 39.2 Å². The predicted molar refractivity (Wildman–Crippen MR) is 154 cm³/mol. The summed E-state index contributed by atoms with van der Waals surface area (Å²) in [5, 5.41) is 8.36. The molecule has 0 aromatic heterocycles. The molecule has 0 atom stereocenters. The molecular formula is C30H46N4O. The first kappa shape index (κ1) is 31.7. The summed E-state index contributed by atoms with van der Waals surface area (Å²) < 4.78 is 5.99. The smallest absolute Gasteiger partial charge is 0.213 e. The lowest BCUT2D eigenvalue weighted by Gasteiger charge is -2.14. The number of nitrogens with two attached hydrogens (primary N) is 3. The van der Waals surface area contributed by atoms with Crippen LogP contribution < -0.4 is 17.2 Å². The Morgan fingerprint density at radius 3 is 2.34 bits per heavy atom. The Kier molecular flexibility index (Phi) is 18.2. The first-order valence-corrected chi connectivity index (χ1v) is 12.4. The van der Waals surface area contributed by atoms with Gasteiger partial charge in [0, 0.05) is 23.8 Å². The maximum absolute atomic E-state index is 8.36. The van der Waals surface area contributed by atoms with Gasteiger partial charge >= 0.3 is 0 Å². The lowest BCUT2D eigenvalue weighted by atomic mass is 9.99. The van der Waals surface area contributed by atoms with Gasteiger partial charge in [0.05, 0.1) is 0 Å². The topological polar surface area (TPSA) is 111 Å². The average molecular weight is 479 g/mol. The van der Waals surface area contributed by atoms with Gasteiger partial charge in [0.1, 0.15) is 5.76 Å². The molecule has 0 spiro atoms. The minimum Gasteiger partial charge on any atom is -0.439 e. The van der Waals surface area contributed by atoms with Crippen molar-refractivity contribution in [1.29, 1.82) is 5.41 Å². The molecule has 0 unspecified atom stereocenters. The molecule has 0 rings (SSSR count). The van der Waals surface area contributed by atoms with Gasteiger partial charge in [0.25, 0.3) is 0 Å². The molecule has 0 bridgehead atoms. The third-order valence-electron chi connectivity index (χ3n) is 5.17. The first-order valence-electron chi connectivity index (χ1n) is 12.4. The zero-order chi connectivity index (χ0) is 26.5. The molecule has 0 aromatic carbocycles. The first-order chi connectivity index (χ1) is 16.9. The fourth-order valence-corrected chi connectivity index (χ4v) is 3.15. The molecule has 7 N–H and O–H groups in total. The maximum Gasteiger partial charge on any atom is 0.213 e. The van der Waals surface area contributed by atoms with Crippen LogP contribution in [0.15, 0.2) is 108 Å². The molecule has 0 aliphatic rings. The van der Waals surface area contributed by atoms with Crippen molar-refractivity contribution in [1.82, 2.24) is 0 Å². The van der Waals surface area contributed by atoms with E-state index >= 15 is 0 Å². The Morgan fingerprint density at radius 1 is 1.03 bits per heavy atom. The molecule has 5 heteroatoms. The third kappa shape index (κ3) is 14.5. The molecule has 192 valence electrons. The van der Waals surface area contributed by atoms with Crippen molar-refractivity contribution in [2.45, 2.75) is 65.7 Å². The van der Waals surface area contributed by atoms with Crippen LogP contribution in [0.5, 0.6) is 0 Å². The molecule has 0 aromatic rings. The Bertz CT molecular complexity index is 895. The highest BCUT2D eigenvalue weighted by molar-refractivity contribution is 5.86. The number of rotatable bonds is 17. The predicted octanol–water partition coefficient (Wildman–Crippen LogP) is 7.01. The second-order valence-electron chi connectivity index (χ2n) is 7.99. The summed E-state index contributed by atoms with van der Waals surface area (Å²) in [5.74, 6) is 0.534. The van der Waals surface area contributed by atoms with Crippen LogP contribution in [0.3, 0.4) is 0 Å². The Labute approximate surface area is 213 Å². The van der Waals surface area contributed by atoms with Crippen molar-refractivity contribution in [2.24, 2.45) is 17.2 Å². The Morgan fingerprint density at radius 2 is 1.77 bits per heavy atom. The number of unbranched alkanes of at least 4 members (excludes halogenated alkanes) is 2. The fraction of sp³-hybridized carbons (Fsp3) is 0.367. The van der Waals surface area contributed by atoms with Crippen LogP contribution in [0.4, 0.5) is 0 Å². The number of hydrogen-bond acceptors (Lipinski definition) is 5. The molecule has 0 saturated heterocycles. The zero-order valence-electron chi connectivity index (χ0n) is 22.0. The Hall–Kier alpha value is -3.31. The molecule has 0 fully saturated rings. The van der Waals surface area contributed by atoms with Gasteiger partial charge in [-0.3, -0.25) is 5.41 Å². The van der Waals surface area contributed by atoms with Gasteiger partial charge in [-0.15, -0.1) is 0 Å². The fourth-order valence-electron chi connectivity index (χ4n) is 3.15. The average Bonchev–Trinajstić information content (AvgIpc) is 2.83. The van der Waals surface area contributed by atoms with E-state index in [9.17, 15) is 0 Å². The van der Waals surface area contributed by atoms with Crippen molar-refractivity contribution in [3.05, 3.63) is 108 Å². The van der Waals surface area contributed by atoms with Crippen LogP contribution in [-0.2, 0) is 4.74 Å². The monoisotopic (exact) mass is 478 g/mol. The highest BCUT2D eigenvalue weighted by Gasteiger charge is 2.10. The van der Waals surface area contributed by atoms with Crippen molar-refractivity contribution in [3.63, 3.8) is 0 Å². The number of hydrogen-bond donors (Lipinski definition) is 4. The second kappa shape index (κ2) is 20.1. The summed E-state index contributed by atoms with van der Waals surface area (Å²) in [4.78, 5) is 0. The van der Waals surface area contributed by atoms with Crippen molar-refractivity contribution < 1.29 is 4.74 Å². The summed E-state index contributed by atoms with van der Waals surface area (Å²) in [6, 6.07) is 0. The zero-order valence-corrected chi connectivity index (χ0v) is 22.0. The number of allylic oxidation sites excluding steroid dienone is 11. The van der Waals surface area contributed by atoms with Crippen LogP contribution in [0.25, 0.3) is 0 Å². The van der Waals surface area contributed by atoms with Crippen molar-refractivity contribution >= 4 is 5.90 Å². The molecule has 5 nitrogen and oxygen atoms in total. The lowest BCUT2D eigenvalue weighted by Crippen LogP contribution is -2.07. The molecule has 0 amide bonds. The molecule has 0 heterocycles. The largest absolute Gasteiger partial charge is 0.439 e. The van der Waals surface area contributed by atoms with E-state index in [0.717, 1.165) is 48.8 Å². The second-order valence-corrected chi connectivity index (χ2v) is 7.99. The van der Waals surface area contributed by atoms with Crippen LogP contribution >= 0.6 is 0 Å². The van der Waals surface area contributed by atoms with Crippen molar-refractivity contribution in [2.75, 3.05) is 6.54 Å². The minimum atomic E-state index is -0.0398. The van der Waals surface area contributed by atoms with Gasteiger partial charge in [-0.25, -0.2) is 0 Å². The van der Waals surface area contributed by atoms with E-state index in [1.807, 2.05) is 25.2 Å². The van der Waals surface area contributed by atoms with E-state index in [-0.39, 0.29) is 5.90 Å². The van der Waals surface area contributed by atoms with Crippen LogP contribution in [0, 0.1) is 5.41 Å². The van der Waals surface area contributed by atoms with Crippen LogP contribution in [0.1, 0.15) is 65.7 Å². The van der Waals surface area contributed by atoms with E-state index in [0.29, 0.717) is 30.8 Å². The summed E-state index contributed by atoms with van der Waals surface area (Å²) in [6.07, 6.45) is 24.6. The van der Waals surface area contributed by atoms with Gasteiger partial charge in [-0.05, 0) is 61.7 Å². The van der Waals surface area contributed by atoms with Gasteiger partial charge in [0.2, 0.25) is 5.90 Å². The van der Waals surface area contributed by atoms with E-state index < -0.39 is 0 Å². The molecule has 0 aliphatic carbocycles. The highest BCUT2D eigenvalue weighted by Crippen LogP contribution is 2.24. The molecule has 0 radical (unpaired) electrons. The van der Waals surface area contributed by atoms with Gasteiger partial charge in [-0.1, -0.05) is 88.8 Å². The van der Waals surface area contributed by atoms with Crippen molar-refractivity contribution in [3.8, 4) is 0 Å². The SMILES string of the molecule is C=C/C(=C\C(OC(=N)C=C(N)C/C=C\C=C/N)=C(/CC)C(=C)/C=C\C(=C/CCCC)CCN)CC. The number of nitrogens with one attached hydrogen (secondary N) is 1. The summed E-state index contributed by atoms with van der Waals surface area (Å²) in [5.41, 5.74) is 21.7. The normalized spacial score (nSPS) is 14.1. The summed E-state index contributed by atoms with van der Waals surface area (Å²) >= 11 is 0. The van der Waals surface area contributed by atoms with E-state index in [1.165, 1.54) is 17.8 Å². The summed E-state index contributed by atoms with van der Waals surface area (Å²) in [6.45, 7) is 15.1.